The summed E-state index contributed by atoms with van der Waals surface area (Å²) in [4.78, 5) is 12.5. The lowest BCUT2D eigenvalue weighted by Crippen LogP contribution is -2.39. The van der Waals surface area contributed by atoms with Gasteiger partial charge in [-0.3, -0.25) is 4.99 Å². The maximum absolute atomic E-state index is 4.57. The topological polar surface area (TPSA) is 52.6 Å². The molecule has 0 bridgehead atoms. The van der Waals surface area contributed by atoms with E-state index in [2.05, 4.69) is 76.7 Å². The van der Waals surface area contributed by atoms with Gasteiger partial charge in [0.1, 0.15) is 0 Å². The fraction of sp³-hybridized carbons (Fsp3) is 0.500. The van der Waals surface area contributed by atoms with E-state index in [1.165, 1.54) is 15.4 Å². The van der Waals surface area contributed by atoms with E-state index in [-0.39, 0.29) is 0 Å². The third-order valence-corrected chi connectivity index (χ3v) is 5.36. The predicted molar refractivity (Wildman–Crippen MR) is 112 cm³/mol. The molecule has 0 radical (unpaired) electrons. The van der Waals surface area contributed by atoms with Crippen molar-refractivity contribution < 1.29 is 0 Å². The van der Waals surface area contributed by atoms with Gasteiger partial charge in [0, 0.05) is 38.0 Å². The average molecular weight is 374 g/mol. The van der Waals surface area contributed by atoms with E-state index in [9.17, 15) is 0 Å². The Labute approximate surface area is 161 Å². The van der Waals surface area contributed by atoms with Crippen LogP contribution in [0.5, 0.6) is 0 Å². The molecule has 2 rings (SSSR count). The van der Waals surface area contributed by atoms with E-state index in [1.54, 1.807) is 11.3 Å². The standard InChI is InChI=1S/C20H31N5S/c1-16-17(2)26-19(24-16)11-13-23-20(21-3)22-12-8-14-25(4)15-18-9-6-5-7-10-18/h5-7,9-10H,8,11-15H2,1-4H3,(H2,21,22,23). The third-order valence-electron chi connectivity index (χ3n) is 4.23. The lowest BCUT2D eigenvalue weighted by molar-refractivity contribution is 0.322. The van der Waals surface area contributed by atoms with Gasteiger partial charge in [0.25, 0.3) is 0 Å². The van der Waals surface area contributed by atoms with E-state index in [0.29, 0.717) is 0 Å². The van der Waals surface area contributed by atoms with Gasteiger partial charge in [-0.25, -0.2) is 4.98 Å². The van der Waals surface area contributed by atoms with Gasteiger partial charge in [0.2, 0.25) is 0 Å². The van der Waals surface area contributed by atoms with Crippen LogP contribution < -0.4 is 10.6 Å². The summed E-state index contributed by atoms with van der Waals surface area (Å²) in [5.41, 5.74) is 2.50. The first-order valence-corrected chi connectivity index (χ1v) is 10.00. The normalized spacial score (nSPS) is 11.8. The van der Waals surface area contributed by atoms with E-state index < -0.39 is 0 Å². The zero-order valence-electron chi connectivity index (χ0n) is 16.4. The highest BCUT2D eigenvalue weighted by Gasteiger charge is 2.04. The molecule has 26 heavy (non-hydrogen) atoms. The number of guanidine groups is 1. The second-order valence-electron chi connectivity index (χ2n) is 6.50. The van der Waals surface area contributed by atoms with Crippen LogP contribution in [-0.4, -0.2) is 49.6 Å². The largest absolute Gasteiger partial charge is 0.356 e. The van der Waals surface area contributed by atoms with Gasteiger partial charge in [0.15, 0.2) is 5.96 Å². The molecule has 1 aromatic carbocycles. The molecule has 0 amide bonds. The van der Waals surface area contributed by atoms with Crippen LogP contribution in [0, 0.1) is 13.8 Å². The summed E-state index contributed by atoms with van der Waals surface area (Å²) in [7, 11) is 3.98. The number of rotatable bonds is 9. The lowest BCUT2D eigenvalue weighted by Gasteiger charge is -2.17. The average Bonchev–Trinajstić information content (AvgIpc) is 2.95. The highest BCUT2D eigenvalue weighted by atomic mass is 32.1. The monoisotopic (exact) mass is 373 g/mol. The van der Waals surface area contributed by atoms with Crippen LogP contribution in [-0.2, 0) is 13.0 Å². The van der Waals surface area contributed by atoms with Crippen molar-refractivity contribution in [2.24, 2.45) is 4.99 Å². The number of aromatic nitrogens is 1. The van der Waals surface area contributed by atoms with E-state index in [0.717, 1.165) is 50.7 Å². The van der Waals surface area contributed by atoms with Crippen molar-refractivity contribution in [1.82, 2.24) is 20.5 Å². The van der Waals surface area contributed by atoms with Gasteiger partial charge in [-0.15, -0.1) is 11.3 Å². The quantitative estimate of drug-likeness (QED) is 0.403. The van der Waals surface area contributed by atoms with Gasteiger partial charge in [-0.2, -0.15) is 0 Å². The van der Waals surface area contributed by atoms with Crippen LogP contribution >= 0.6 is 11.3 Å². The minimum atomic E-state index is 0.847. The van der Waals surface area contributed by atoms with Crippen LogP contribution in [0.25, 0.3) is 0 Å². The van der Waals surface area contributed by atoms with Crippen molar-refractivity contribution >= 4 is 17.3 Å². The van der Waals surface area contributed by atoms with Crippen molar-refractivity contribution in [3.63, 3.8) is 0 Å². The first kappa shape index (κ1) is 20.4. The van der Waals surface area contributed by atoms with E-state index in [4.69, 9.17) is 0 Å². The Hall–Kier alpha value is -1.92. The number of nitrogens with one attached hydrogen (secondary N) is 2. The number of aryl methyl sites for hydroxylation is 2. The molecule has 0 fully saturated rings. The molecule has 0 atom stereocenters. The molecule has 0 aliphatic rings. The fourth-order valence-corrected chi connectivity index (χ4v) is 3.62. The highest BCUT2D eigenvalue weighted by molar-refractivity contribution is 7.11. The van der Waals surface area contributed by atoms with Gasteiger partial charge < -0.3 is 15.5 Å². The molecule has 0 aliphatic carbocycles. The highest BCUT2D eigenvalue weighted by Crippen LogP contribution is 2.16. The number of hydrogen-bond donors (Lipinski definition) is 2. The molecule has 6 heteroatoms. The summed E-state index contributed by atoms with van der Waals surface area (Å²) >= 11 is 1.78. The first-order valence-electron chi connectivity index (χ1n) is 9.18. The molecular formula is C20H31N5S. The smallest absolute Gasteiger partial charge is 0.190 e. The van der Waals surface area contributed by atoms with Gasteiger partial charge in [-0.05, 0) is 39.4 Å². The molecule has 2 aromatic rings. The van der Waals surface area contributed by atoms with Crippen LogP contribution in [0.2, 0.25) is 0 Å². The van der Waals surface area contributed by atoms with Crippen molar-refractivity contribution in [3.05, 3.63) is 51.5 Å². The van der Waals surface area contributed by atoms with Crippen molar-refractivity contribution in [3.8, 4) is 0 Å². The second kappa shape index (κ2) is 10.9. The fourth-order valence-electron chi connectivity index (χ4n) is 2.68. The van der Waals surface area contributed by atoms with E-state index in [1.807, 2.05) is 7.05 Å². The minimum Gasteiger partial charge on any atom is -0.356 e. The Balaban J connectivity index is 1.59. The molecule has 0 saturated heterocycles. The lowest BCUT2D eigenvalue weighted by atomic mass is 10.2. The van der Waals surface area contributed by atoms with Crippen molar-refractivity contribution in [2.75, 3.05) is 33.7 Å². The Bertz CT molecular complexity index is 661. The maximum Gasteiger partial charge on any atom is 0.190 e. The maximum atomic E-state index is 4.57. The molecule has 142 valence electrons. The Kier molecular flexibility index (Phi) is 8.58. The zero-order valence-corrected chi connectivity index (χ0v) is 17.2. The van der Waals surface area contributed by atoms with Crippen LogP contribution in [0.1, 0.15) is 27.6 Å². The number of aliphatic imine (C=N–C) groups is 1. The molecular weight excluding hydrogens is 342 g/mol. The SMILES string of the molecule is CN=C(NCCCN(C)Cc1ccccc1)NCCc1nc(C)c(C)s1. The molecule has 0 saturated carbocycles. The zero-order chi connectivity index (χ0) is 18.8. The van der Waals surface area contributed by atoms with Gasteiger partial charge >= 0.3 is 0 Å². The molecule has 2 N–H and O–H groups in total. The molecule has 0 aliphatic heterocycles. The summed E-state index contributed by atoms with van der Waals surface area (Å²) in [5.74, 6) is 0.862. The number of thiazole rings is 1. The summed E-state index contributed by atoms with van der Waals surface area (Å²) in [6.45, 7) is 7.99. The molecule has 1 heterocycles. The molecule has 0 unspecified atom stereocenters. The van der Waals surface area contributed by atoms with Crippen LogP contribution in [0.4, 0.5) is 0 Å². The molecule has 5 nitrogen and oxygen atoms in total. The Morgan fingerprint density at radius 3 is 2.54 bits per heavy atom. The van der Waals surface area contributed by atoms with Gasteiger partial charge in [-0.1, -0.05) is 30.3 Å². The summed E-state index contributed by atoms with van der Waals surface area (Å²) in [6.07, 6.45) is 2.01. The Morgan fingerprint density at radius 1 is 1.15 bits per heavy atom. The Morgan fingerprint density at radius 2 is 1.88 bits per heavy atom. The van der Waals surface area contributed by atoms with Crippen LogP contribution in [0.15, 0.2) is 35.3 Å². The van der Waals surface area contributed by atoms with Crippen LogP contribution in [0.3, 0.4) is 0 Å². The van der Waals surface area contributed by atoms with Crippen molar-refractivity contribution in [2.45, 2.75) is 33.2 Å². The molecule has 1 aromatic heterocycles. The summed E-state index contributed by atoms with van der Waals surface area (Å²) in [6, 6.07) is 10.6. The molecule has 0 spiro atoms. The summed E-state index contributed by atoms with van der Waals surface area (Å²) in [5, 5.41) is 7.94. The second-order valence-corrected chi connectivity index (χ2v) is 7.79. The third kappa shape index (κ3) is 7.14. The summed E-state index contributed by atoms with van der Waals surface area (Å²) < 4.78 is 0. The van der Waals surface area contributed by atoms with Gasteiger partial charge in [0.05, 0.1) is 10.7 Å². The first-order chi connectivity index (χ1) is 12.6. The predicted octanol–water partition coefficient (Wildman–Crippen LogP) is 2.99. The number of nitrogens with zero attached hydrogens (tertiary/aromatic N) is 3. The van der Waals surface area contributed by atoms with Crippen molar-refractivity contribution in [1.29, 1.82) is 0 Å². The number of benzene rings is 1. The van der Waals surface area contributed by atoms with E-state index >= 15 is 0 Å². The number of hydrogen-bond acceptors (Lipinski definition) is 4. The minimum absolute atomic E-state index is 0.847.